The van der Waals surface area contributed by atoms with E-state index >= 15 is 0 Å². The Morgan fingerprint density at radius 1 is 1.18 bits per heavy atom. The highest BCUT2D eigenvalue weighted by molar-refractivity contribution is 5.51. The molecule has 3 aromatic rings. The molecule has 2 aliphatic rings. The number of aromatic nitrogens is 6. The average molecular weight is 293 g/mol. The Kier molecular flexibility index (Phi) is 2.31. The molecule has 1 spiro atoms. The fraction of sp³-hybridized carbons (Fsp3) is 0.400. The van der Waals surface area contributed by atoms with E-state index in [1.54, 1.807) is 0 Å². The van der Waals surface area contributed by atoms with Crippen molar-refractivity contribution < 1.29 is 0 Å². The van der Waals surface area contributed by atoms with Crippen molar-refractivity contribution in [2.75, 3.05) is 11.4 Å². The van der Waals surface area contributed by atoms with Gasteiger partial charge in [-0.3, -0.25) is 4.98 Å². The van der Waals surface area contributed by atoms with Crippen LogP contribution in [-0.4, -0.2) is 36.8 Å². The van der Waals surface area contributed by atoms with E-state index in [0.717, 1.165) is 12.4 Å². The number of fused-ring (bicyclic) bond motifs is 1. The largest absolute Gasteiger partial charge is 0.347 e. The Hall–Kier alpha value is -2.57. The van der Waals surface area contributed by atoms with Crippen LogP contribution in [0.1, 0.15) is 30.9 Å². The smallest absolute Gasteiger partial charge is 0.200 e. The van der Waals surface area contributed by atoms with Gasteiger partial charge in [-0.25, -0.2) is 0 Å². The van der Waals surface area contributed by atoms with E-state index in [2.05, 4.69) is 36.6 Å². The van der Waals surface area contributed by atoms with Crippen LogP contribution in [-0.2, 0) is 0 Å². The minimum Gasteiger partial charge on any atom is -0.347 e. The van der Waals surface area contributed by atoms with E-state index in [0.29, 0.717) is 17.1 Å². The van der Waals surface area contributed by atoms with Gasteiger partial charge in [0.1, 0.15) is 0 Å². The first-order valence-corrected chi connectivity index (χ1v) is 7.58. The molecule has 3 aromatic heterocycles. The summed E-state index contributed by atoms with van der Waals surface area (Å²) in [5.41, 5.74) is 2.34. The molecule has 1 saturated heterocycles. The monoisotopic (exact) mass is 293 g/mol. The maximum Gasteiger partial charge on any atom is 0.200 e. The van der Waals surface area contributed by atoms with Gasteiger partial charge in [0, 0.05) is 24.4 Å². The minimum atomic E-state index is 0.358. The molecule has 0 aromatic carbocycles. The number of nitrogens with zero attached hydrogens (tertiary/aromatic N) is 7. The molecular weight excluding hydrogens is 278 g/mol. The van der Waals surface area contributed by atoms with E-state index in [9.17, 15) is 0 Å². The van der Waals surface area contributed by atoms with E-state index in [-0.39, 0.29) is 0 Å². The van der Waals surface area contributed by atoms with E-state index in [4.69, 9.17) is 0 Å². The van der Waals surface area contributed by atoms with Gasteiger partial charge in [-0.05, 0) is 47.0 Å². The van der Waals surface area contributed by atoms with Crippen LogP contribution in [0.25, 0.3) is 5.65 Å². The molecule has 0 N–H and O–H groups in total. The molecule has 1 unspecified atom stereocenters. The van der Waals surface area contributed by atoms with Crippen molar-refractivity contribution in [1.82, 2.24) is 30.2 Å². The van der Waals surface area contributed by atoms with Gasteiger partial charge in [0.05, 0.1) is 6.04 Å². The molecule has 0 amide bonds. The second kappa shape index (κ2) is 4.22. The lowest BCUT2D eigenvalue weighted by molar-refractivity contribution is 0.0273. The molecule has 2 fully saturated rings. The van der Waals surface area contributed by atoms with Crippen LogP contribution in [0.2, 0.25) is 0 Å². The predicted molar refractivity (Wildman–Crippen MR) is 79.2 cm³/mol. The number of rotatable bonds is 2. The SMILES string of the molecule is c1cncc(C2N(c3ccc4nnnn4n3)CC23CCC3)c1. The Bertz CT molecular complexity index is 824. The number of pyridine rings is 1. The summed E-state index contributed by atoms with van der Waals surface area (Å²) in [5, 5.41) is 16.0. The second-order valence-electron chi connectivity index (χ2n) is 6.25. The first kappa shape index (κ1) is 12.0. The maximum absolute atomic E-state index is 4.54. The number of hydrogen-bond donors (Lipinski definition) is 0. The first-order valence-electron chi connectivity index (χ1n) is 7.58. The van der Waals surface area contributed by atoms with Gasteiger partial charge < -0.3 is 4.90 Å². The summed E-state index contributed by atoms with van der Waals surface area (Å²) in [4.78, 5) is 6.64. The summed E-state index contributed by atoms with van der Waals surface area (Å²) >= 11 is 0. The summed E-state index contributed by atoms with van der Waals surface area (Å²) in [7, 11) is 0. The molecule has 1 aliphatic carbocycles. The fourth-order valence-corrected chi connectivity index (χ4v) is 3.88. The van der Waals surface area contributed by atoms with Crippen molar-refractivity contribution in [2.45, 2.75) is 25.3 Å². The van der Waals surface area contributed by atoms with Crippen LogP contribution in [0.3, 0.4) is 0 Å². The molecule has 7 nitrogen and oxygen atoms in total. The van der Waals surface area contributed by atoms with Crippen molar-refractivity contribution in [1.29, 1.82) is 0 Å². The minimum absolute atomic E-state index is 0.358. The highest BCUT2D eigenvalue weighted by Crippen LogP contribution is 2.60. The molecule has 1 atom stereocenters. The zero-order valence-electron chi connectivity index (χ0n) is 12.0. The van der Waals surface area contributed by atoms with Crippen molar-refractivity contribution in [2.24, 2.45) is 5.41 Å². The van der Waals surface area contributed by atoms with Crippen LogP contribution >= 0.6 is 0 Å². The summed E-state index contributed by atoms with van der Waals surface area (Å²) in [5.74, 6) is 0.922. The average Bonchev–Trinajstić information content (AvgIpc) is 2.93. The van der Waals surface area contributed by atoms with Gasteiger partial charge in [0.15, 0.2) is 11.5 Å². The van der Waals surface area contributed by atoms with E-state index in [1.165, 1.54) is 29.5 Å². The normalized spacial score (nSPS) is 22.5. The summed E-state index contributed by atoms with van der Waals surface area (Å²) in [6, 6.07) is 8.45. The van der Waals surface area contributed by atoms with Gasteiger partial charge in [0.25, 0.3) is 0 Å². The molecule has 5 rings (SSSR count). The third-order valence-electron chi connectivity index (χ3n) is 5.08. The van der Waals surface area contributed by atoms with Gasteiger partial charge in [0.2, 0.25) is 0 Å². The molecule has 1 aliphatic heterocycles. The summed E-state index contributed by atoms with van der Waals surface area (Å²) in [6.45, 7) is 1.05. The lowest BCUT2D eigenvalue weighted by atomic mass is 9.56. The number of tetrazole rings is 1. The highest BCUT2D eigenvalue weighted by atomic mass is 15.6. The number of hydrogen-bond acceptors (Lipinski definition) is 6. The van der Waals surface area contributed by atoms with Crippen molar-refractivity contribution in [3.8, 4) is 0 Å². The van der Waals surface area contributed by atoms with Crippen LogP contribution in [0.15, 0.2) is 36.7 Å². The molecule has 4 heterocycles. The molecule has 1 saturated carbocycles. The molecule has 22 heavy (non-hydrogen) atoms. The fourth-order valence-electron chi connectivity index (χ4n) is 3.88. The highest BCUT2D eigenvalue weighted by Gasteiger charge is 2.56. The zero-order chi connectivity index (χ0) is 14.6. The Morgan fingerprint density at radius 3 is 2.91 bits per heavy atom. The summed E-state index contributed by atoms with van der Waals surface area (Å²) < 4.78 is 1.49. The van der Waals surface area contributed by atoms with Crippen molar-refractivity contribution in [3.63, 3.8) is 0 Å². The van der Waals surface area contributed by atoms with Gasteiger partial charge in [-0.2, -0.15) is 0 Å². The van der Waals surface area contributed by atoms with Gasteiger partial charge in [-0.1, -0.05) is 12.5 Å². The van der Waals surface area contributed by atoms with Crippen molar-refractivity contribution >= 4 is 11.5 Å². The third kappa shape index (κ3) is 1.53. The Labute approximate surface area is 127 Å². The van der Waals surface area contributed by atoms with Gasteiger partial charge >= 0.3 is 0 Å². The second-order valence-corrected chi connectivity index (χ2v) is 6.25. The topological polar surface area (TPSA) is 72.1 Å². The maximum atomic E-state index is 4.54. The first-order chi connectivity index (χ1) is 10.9. The lowest BCUT2D eigenvalue weighted by Crippen LogP contribution is -2.62. The molecule has 0 bridgehead atoms. The zero-order valence-corrected chi connectivity index (χ0v) is 12.0. The lowest BCUT2D eigenvalue weighted by Gasteiger charge is -2.62. The van der Waals surface area contributed by atoms with Crippen LogP contribution in [0.4, 0.5) is 5.82 Å². The van der Waals surface area contributed by atoms with Crippen LogP contribution in [0.5, 0.6) is 0 Å². The van der Waals surface area contributed by atoms with E-state index < -0.39 is 0 Å². The predicted octanol–water partition coefficient (Wildman–Crippen LogP) is 1.65. The molecular formula is C15H15N7. The van der Waals surface area contributed by atoms with E-state index in [1.807, 2.05) is 30.6 Å². The van der Waals surface area contributed by atoms with Crippen LogP contribution < -0.4 is 4.90 Å². The molecule has 110 valence electrons. The molecule has 0 radical (unpaired) electrons. The van der Waals surface area contributed by atoms with Crippen LogP contribution in [0, 0.1) is 5.41 Å². The number of anilines is 1. The molecule has 7 heteroatoms. The Balaban J connectivity index is 1.56. The standard InChI is InChI=1S/C15H15N7/c1-3-11(9-16-8-1)14-15(6-2-7-15)10-21(14)13-5-4-12-17-19-20-22(12)18-13/h1,3-5,8-9,14H,2,6-7,10H2. The van der Waals surface area contributed by atoms with Gasteiger partial charge in [-0.15, -0.1) is 14.8 Å². The summed E-state index contributed by atoms with van der Waals surface area (Å²) in [6.07, 6.45) is 7.70. The quantitative estimate of drug-likeness (QED) is 0.715. The van der Waals surface area contributed by atoms with Crippen molar-refractivity contribution in [3.05, 3.63) is 42.2 Å². The Morgan fingerprint density at radius 2 is 2.14 bits per heavy atom. The third-order valence-corrected chi connectivity index (χ3v) is 5.08.